The molecule has 2 aliphatic rings. The summed E-state index contributed by atoms with van der Waals surface area (Å²) in [5.41, 5.74) is 4.42. The maximum atomic E-state index is 13.3. The highest BCUT2D eigenvalue weighted by molar-refractivity contribution is 7.91. The Labute approximate surface area is 202 Å². The second kappa shape index (κ2) is 9.29. The standard InChI is InChI=1S/C23H26N6O5S/c1-32-16-12-29-22(34-13-16)19(11-26-29)35(24,31)28-23(30)27-21-17-5-3-4-14(17)6-7-18(21)15-8-9-25-20(10-15)33-2/h6-11,16H,3-5,12-13H2,1-2H3,(H3,24,27,28,30,31). The van der Waals surface area contributed by atoms with Crippen LogP contribution in [0.1, 0.15) is 17.5 Å². The molecular weight excluding hydrogens is 472 g/mol. The molecule has 0 radical (unpaired) electrons. The third-order valence-corrected chi connectivity index (χ3v) is 7.53. The molecule has 1 aliphatic carbocycles. The van der Waals surface area contributed by atoms with Gasteiger partial charge in [-0.2, -0.15) is 5.10 Å². The van der Waals surface area contributed by atoms with Crippen LogP contribution in [-0.4, -0.2) is 51.9 Å². The Balaban J connectivity index is 1.49. The number of nitrogens with one attached hydrogen (secondary N) is 1. The van der Waals surface area contributed by atoms with E-state index in [0.29, 0.717) is 18.1 Å². The van der Waals surface area contributed by atoms with Crippen LogP contribution in [0.5, 0.6) is 11.8 Å². The highest BCUT2D eigenvalue weighted by Gasteiger charge is 2.28. The third-order valence-electron chi connectivity index (χ3n) is 6.18. The molecule has 2 unspecified atom stereocenters. The fraction of sp³-hybridized carbons (Fsp3) is 0.348. The molecule has 3 heterocycles. The van der Waals surface area contributed by atoms with Crippen molar-refractivity contribution in [3.8, 4) is 22.9 Å². The van der Waals surface area contributed by atoms with Crippen molar-refractivity contribution in [3.05, 3.63) is 47.8 Å². The normalized spacial score (nSPS) is 18.1. The van der Waals surface area contributed by atoms with Gasteiger partial charge in [-0.05, 0) is 42.0 Å². The van der Waals surface area contributed by atoms with E-state index in [1.165, 1.54) is 10.9 Å². The van der Waals surface area contributed by atoms with Crippen molar-refractivity contribution in [1.29, 1.82) is 0 Å². The zero-order chi connectivity index (χ0) is 24.6. The monoisotopic (exact) mass is 498 g/mol. The van der Waals surface area contributed by atoms with Crippen molar-refractivity contribution in [2.45, 2.75) is 36.8 Å². The van der Waals surface area contributed by atoms with E-state index in [1.54, 1.807) is 26.5 Å². The summed E-state index contributed by atoms with van der Waals surface area (Å²) in [5.74, 6) is 0.684. The van der Waals surface area contributed by atoms with E-state index in [1.807, 2.05) is 12.1 Å². The van der Waals surface area contributed by atoms with Crippen LogP contribution in [0.15, 0.2) is 45.9 Å². The van der Waals surface area contributed by atoms with Gasteiger partial charge in [-0.15, -0.1) is 4.36 Å². The summed E-state index contributed by atoms with van der Waals surface area (Å²) < 4.78 is 34.8. The Kier molecular flexibility index (Phi) is 6.17. The summed E-state index contributed by atoms with van der Waals surface area (Å²) in [5, 5.41) is 13.1. The highest BCUT2D eigenvalue weighted by Crippen LogP contribution is 2.38. The summed E-state index contributed by atoms with van der Waals surface area (Å²) in [7, 11) is -0.501. The Morgan fingerprint density at radius 1 is 1.31 bits per heavy atom. The summed E-state index contributed by atoms with van der Waals surface area (Å²) in [6.45, 7) is 0.675. The van der Waals surface area contributed by atoms with Crippen LogP contribution in [0, 0.1) is 0 Å². The molecule has 2 atom stereocenters. The Bertz CT molecular complexity index is 1410. The number of ether oxygens (including phenoxy) is 3. The van der Waals surface area contributed by atoms with Crippen molar-refractivity contribution < 1.29 is 23.2 Å². The molecule has 1 aliphatic heterocycles. The number of benzene rings is 1. The predicted molar refractivity (Wildman–Crippen MR) is 129 cm³/mol. The second-order valence-electron chi connectivity index (χ2n) is 8.32. The molecule has 3 N–H and O–H groups in total. The minimum atomic E-state index is -3.62. The first kappa shape index (κ1) is 23.3. The summed E-state index contributed by atoms with van der Waals surface area (Å²) in [4.78, 5) is 17.3. The lowest BCUT2D eigenvalue weighted by atomic mass is 9.98. The summed E-state index contributed by atoms with van der Waals surface area (Å²) >= 11 is 0. The number of amides is 2. The number of nitrogens with two attached hydrogens (primary N) is 1. The van der Waals surface area contributed by atoms with Crippen molar-refractivity contribution in [1.82, 2.24) is 14.8 Å². The first-order valence-electron chi connectivity index (χ1n) is 11.1. The molecule has 0 bridgehead atoms. The average molecular weight is 499 g/mol. The van der Waals surface area contributed by atoms with Crippen LogP contribution in [-0.2, 0) is 34.0 Å². The van der Waals surface area contributed by atoms with E-state index in [2.05, 4.69) is 25.8 Å². The number of fused-ring (bicyclic) bond motifs is 2. The van der Waals surface area contributed by atoms with E-state index in [4.69, 9.17) is 19.3 Å². The molecule has 184 valence electrons. The van der Waals surface area contributed by atoms with Crippen LogP contribution in [0.4, 0.5) is 10.5 Å². The third kappa shape index (κ3) is 4.47. The van der Waals surface area contributed by atoms with E-state index in [0.717, 1.165) is 41.5 Å². The number of nitrogens with zero attached hydrogens (tertiary/aromatic N) is 4. The lowest BCUT2D eigenvalue weighted by molar-refractivity contribution is 0.0165. The van der Waals surface area contributed by atoms with Crippen LogP contribution in [0.2, 0.25) is 0 Å². The number of methoxy groups -OCH3 is 2. The molecule has 0 saturated carbocycles. The molecule has 35 heavy (non-hydrogen) atoms. The molecule has 0 saturated heterocycles. The van der Waals surface area contributed by atoms with E-state index in [-0.39, 0.29) is 23.5 Å². The molecule has 0 spiro atoms. The van der Waals surface area contributed by atoms with E-state index >= 15 is 0 Å². The minimum Gasteiger partial charge on any atom is -0.481 e. The van der Waals surface area contributed by atoms with Gasteiger partial charge in [-0.1, -0.05) is 12.1 Å². The molecular formula is C23H26N6O5S. The fourth-order valence-electron chi connectivity index (χ4n) is 4.43. The molecule has 12 heteroatoms. The lowest BCUT2D eigenvalue weighted by Gasteiger charge is -2.23. The number of carbonyl (C=O) groups is 1. The van der Waals surface area contributed by atoms with Gasteiger partial charge in [0, 0.05) is 24.9 Å². The van der Waals surface area contributed by atoms with Crippen molar-refractivity contribution in [2.75, 3.05) is 26.1 Å². The molecule has 3 aromatic rings. The van der Waals surface area contributed by atoms with Gasteiger partial charge in [0.25, 0.3) is 0 Å². The van der Waals surface area contributed by atoms with Crippen LogP contribution < -0.4 is 19.9 Å². The first-order valence-corrected chi connectivity index (χ1v) is 12.7. The number of aryl methyl sites for hydroxylation is 1. The average Bonchev–Trinajstić information content (AvgIpc) is 3.51. The summed E-state index contributed by atoms with van der Waals surface area (Å²) in [6.07, 6.45) is 5.49. The van der Waals surface area contributed by atoms with Gasteiger partial charge in [0.15, 0.2) is 9.92 Å². The largest absolute Gasteiger partial charge is 0.481 e. The number of anilines is 1. The number of aromatic nitrogens is 3. The first-order chi connectivity index (χ1) is 16.9. The van der Waals surface area contributed by atoms with Gasteiger partial charge in [0.1, 0.15) is 17.6 Å². The maximum Gasteiger partial charge on any atom is 0.354 e. The topological polar surface area (TPSA) is 143 Å². The van der Waals surface area contributed by atoms with Gasteiger partial charge in [0.05, 0.1) is 25.5 Å². The molecule has 0 fully saturated rings. The zero-order valence-electron chi connectivity index (χ0n) is 19.4. The molecule has 11 nitrogen and oxygen atoms in total. The van der Waals surface area contributed by atoms with Gasteiger partial charge in [-0.25, -0.2) is 23.8 Å². The second-order valence-corrected chi connectivity index (χ2v) is 10.1. The predicted octanol–water partition coefficient (Wildman–Crippen LogP) is 2.78. The number of carbonyl (C=O) groups excluding carboxylic acids is 1. The van der Waals surface area contributed by atoms with Crippen molar-refractivity contribution in [3.63, 3.8) is 0 Å². The quantitative estimate of drug-likeness (QED) is 0.550. The molecule has 2 aromatic heterocycles. The van der Waals surface area contributed by atoms with E-state index in [9.17, 15) is 9.00 Å². The Morgan fingerprint density at radius 3 is 2.97 bits per heavy atom. The minimum absolute atomic E-state index is 0.0691. The molecule has 1 aromatic carbocycles. The highest BCUT2D eigenvalue weighted by atomic mass is 32.2. The van der Waals surface area contributed by atoms with Crippen LogP contribution in [0.3, 0.4) is 0 Å². The lowest BCUT2D eigenvalue weighted by Crippen LogP contribution is -2.32. The number of hydrogen-bond acceptors (Lipinski definition) is 7. The maximum absolute atomic E-state index is 13.3. The SMILES string of the molecule is COc1cc(-c2ccc3c(c2NC(=O)N=S(N)(=O)c2cnn4c2OCC(OC)C4)CCC3)ccn1. The van der Waals surface area contributed by atoms with Gasteiger partial charge >= 0.3 is 6.03 Å². The van der Waals surface area contributed by atoms with Crippen molar-refractivity contribution >= 4 is 21.6 Å². The zero-order valence-corrected chi connectivity index (χ0v) is 20.2. The smallest absolute Gasteiger partial charge is 0.354 e. The number of pyridine rings is 1. The Hall–Kier alpha value is -3.48. The van der Waals surface area contributed by atoms with E-state index < -0.39 is 15.9 Å². The number of hydrogen-bond donors (Lipinski definition) is 2. The molecule has 2 amide bonds. The van der Waals surface area contributed by atoms with Gasteiger partial charge in [0.2, 0.25) is 11.8 Å². The van der Waals surface area contributed by atoms with Gasteiger partial charge in [-0.3, -0.25) is 0 Å². The summed E-state index contributed by atoms with van der Waals surface area (Å²) in [6, 6.07) is 6.82. The number of urea groups is 1. The van der Waals surface area contributed by atoms with Crippen LogP contribution >= 0.6 is 0 Å². The van der Waals surface area contributed by atoms with Crippen molar-refractivity contribution in [2.24, 2.45) is 9.50 Å². The fourth-order valence-corrected chi connectivity index (χ4v) is 5.44. The Morgan fingerprint density at radius 2 is 2.17 bits per heavy atom. The van der Waals surface area contributed by atoms with Gasteiger partial charge < -0.3 is 19.5 Å². The number of rotatable bonds is 5. The van der Waals surface area contributed by atoms with Crippen LogP contribution in [0.25, 0.3) is 11.1 Å². The molecule has 5 rings (SSSR count).